The first-order valence-electron chi connectivity index (χ1n) is 5.32. The minimum absolute atomic E-state index is 0.494. The zero-order chi connectivity index (χ0) is 17.0. The predicted molar refractivity (Wildman–Crippen MR) is 70.0 cm³/mol. The Morgan fingerprint density at radius 1 is 1.09 bits per heavy atom. The van der Waals surface area contributed by atoms with E-state index in [1.54, 1.807) is 0 Å². The van der Waals surface area contributed by atoms with Crippen LogP contribution in [-0.4, -0.2) is 27.0 Å². The minimum atomic E-state index is -5.82. The number of alkyl halides is 6. The van der Waals surface area contributed by atoms with Crippen LogP contribution in [0.4, 0.5) is 26.3 Å². The van der Waals surface area contributed by atoms with Crippen LogP contribution in [0.2, 0.25) is 0 Å². The molecule has 1 aromatic rings. The Labute approximate surface area is 129 Å². The van der Waals surface area contributed by atoms with E-state index in [2.05, 4.69) is 5.58 Å². The molecule has 0 saturated carbocycles. The van der Waals surface area contributed by atoms with Gasteiger partial charge < -0.3 is 0 Å². The molecular formula is C10H7F6IO4S. The zero-order valence-corrected chi connectivity index (χ0v) is 13.5. The van der Waals surface area contributed by atoms with E-state index in [1.165, 1.54) is 6.07 Å². The Bertz CT molecular complexity index is 669. The molecule has 0 amide bonds. The standard InChI is InChI=1S/C10H7F6IO4S/c1-22(18,19)21-17-7-5-3-2-4-6(7)8(20-17,9(11,12)13)10(14,15)16/h2-5H,1H3. The molecule has 0 bridgehead atoms. The Hall–Kier alpha value is -0.600. The van der Waals surface area contributed by atoms with Crippen molar-refractivity contribution in [3.63, 3.8) is 0 Å². The van der Waals surface area contributed by atoms with Crippen LogP contribution in [0.5, 0.6) is 0 Å². The predicted octanol–water partition coefficient (Wildman–Crippen LogP) is 3.52. The van der Waals surface area contributed by atoms with Gasteiger partial charge in [0.15, 0.2) is 0 Å². The quantitative estimate of drug-likeness (QED) is 0.497. The van der Waals surface area contributed by atoms with Crippen LogP contribution in [-0.2, 0) is 21.3 Å². The monoisotopic (exact) mass is 464 g/mol. The summed E-state index contributed by atoms with van der Waals surface area (Å²) in [4.78, 5) is 0. The molecule has 1 aliphatic heterocycles. The van der Waals surface area contributed by atoms with Gasteiger partial charge in [0.25, 0.3) is 0 Å². The first-order chi connectivity index (χ1) is 9.80. The average Bonchev–Trinajstić information content (AvgIpc) is 2.62. The van der Waals surface area contributed by atoms with Gasteiger partial charge in [0.2, 0.25) is 0 Å². The van der Waals surface area contributed by atoms with Gasteiger partial charge in [-0.2, -0.15) is 0 Å². The van der Waals surface area contributed by atoms with E-state index < -0.39 is 57.9 Å². The molecule has 1 heterocycles. The molecule has 2 rings (SSSR count). The van der Waals surface area contributed by atoms with E-state index in [-0.39, 0.29) is 0 Å². The fraction of sp³-hybridized carbons (Fsp3) is 0.400. The summed E-state index contributed by atoms with van der Waals surface area (Å²) in [5.74, 6) is 0. The topological polar surface area (TPSA) is 52.6 Å². The maximum absolute atomic E-state index is 13.2. The average molecular weight is 464 g/mol. The number of hydrogen-bond acceptors (Lipinski definition) is 4. The van der Waals surface area contributed by atoms with Crippen LogP contribution >= 0.6 is 20.6 Å². The van der Waals surface area contributed by atoms with Crippen molar-refractivity contribution in [3.8, 4) is 0 Å². The van der Waals surface area contributed by atoms with Crippen LogP contribution in [0.25, 0.3) is 0 Å². The Balaban J connectivity index is 2.69. The van der Waals surface area contributed by atoms with Crippen LogP contribution in [0.15, 0.2) is 24.3 Å². The molecule has 22 heavy (non-hydrogen) atoms. The van der Waals surface area contributed by atoms with Crippen LogP contribution < -0.4 is 0 Å². The number of halogens is 7. The summed E-state index contributed by atoms with van der Waals surface area (Å²) >= 11 is -4.16. The van der Waals surface area contributed by atoms with E-state index in [0.29, 0.717) is 12.3 Å². The maximum atomic E-state index is 13.2. The van der Waals surface area contributed by atoms with Crippen molar-refractivity contribution in [2.24, 2.45) is 0 Å². The zero-order valence-electron chi connectivity index (χ0n) is 10.5. The Morgan fingerprint density at radius 2 is 1.59 bits per heavy atom. The number of hydrogen-bond donors (Lipinski definition) is 0. The van der Waals surface area contributed by atoms with Crippen molar-refractivity contribution in [1.82, 2.24) is 0 Å². The molecule has 0 fully saturated rings. The SMILES string of the molecule is CS(=O)(=O)OI1OC(C(F)(F)F)(C(F)(F)F)c2ccccc21. The van der Waals surface area contributed by atoms with Gasteiger partial charge in [-0.25, -0.2) is 0 Å². The number of benzene rings is 1. The van der Waals surface area contributed by atoms with Crippen molar-refractivity contribution in [1.29, 1.82) is 0 Å². The van der Waals surface area contributed by atoms with E-state index in [4.69, 9.17) is 0 Å². The van der Waals surface area contributed by atoms with E-state index >= 15 is 0 Å². The summed E-state index contributed by atoms with van der Waals surface area (Å²) < 4.78 is 109. The normalized spacial score (nSPS) is 20.0. The molecule has 126 valence electrons. The van der Waals surface area contributed by atoms with Gasteiger partial charge in [-0.05, 0) is 0 Å². The summed E-state index contributed by atoms with van der Waals surface area (Å²) in [7, 11) is -4.28. The molecule has 4 nitrogen and oxygen atoms in total. The fourth-order valence-corrected chi connectivity index (χ4v) is 7.77. The molecule has 0 spiro atoms. The molecule has 0 radical (unpaired) electrons. The first kappa shape index (κ1) is 17.7. The van der Waals surface area contributed by atoms with Crippen LogP contribution in [0.3, 0.4) is 0 Å². The molecule has 0 atom stereocenters. The van der Waals surface area contributed by atoms with Gasteiger partial charge in [0, 0.05) is 0 Å². The van der Waals surface area contributed by atoms with Gasteiger partial charge >= 0.3 is 129 Å². The number of fused-ring (bicyclic) bond motifs is 1. The summed E-state index contributed by atoms with van der Waals surface area (Å²) in [6.07, 6.45) is -11.1. The van der Waals surface area contributed by atoms with Crippen molar-refractivity contribution in [3.05, 3.63) is 33.4 Å². The summed E-state index contributed by atoms with van der Waals surface area (Å²) in [5, 5.41) is 0. The second kappa shape index (κ2) is 5.21. The Morgan fingerprint density at radius 3 is 2.05 bits per heavy atom. The second-order valence-electron chi connectivity index (χ2n) is 4.22. The molecular weight excluding hydrogens is 457 g/mol. The van der Waals surface area contributed by atoms with Gasteiger partial charge in [-0.15, -0.1) is 0 Å². The summed E-state index contributed by atoms with van der Waals surface area (Å²) in [6.45, 7) is 0. The van der Waals surface area contributed by atoms with E-state index in [1.807, 2.05) is 0 Å². The first-order valence-corrected chi connectivity index (χ1v) is 9.98. The summed E-state index contributed by atoms with van der Waals surface area (Å²) in [5.41, 5.74) is -5.75. The van der Waals surface area contributed by atoms with Gasteiger partial charge in [-0.1, -0.05) is 0 Å². The fourth-order valence-electron chi connectivity index (χ4n) is 1.77. The molecule has 12 heteroatoms. The van der Waals surface area contributed by atoms with Crippen LogP contribution in [0.1, 0.15) is 5.56 Å². The third kappa shape index (κ3) is 2.80. The molecule has 0 aromatic heterocycles. The Kier molecular flexibility index (Phi) is 4.20. The molecule has 0 saturated heterocycles. The van der Waals surface area contributed by atoms with Crippen molar-refractivity contribution < 1.29 is 40.3 Å². The third-order valence-corrected chi connectivity index (χ3v) is 8.81. The van der Waals surface area contributed by atoms with Crippen molar-refractivity contribution in [2.75, 3.05) is 6.26 Å². The van der Waals surface area contributed by atoms with E-state index in [9.17, 15) is 34.8 Å². The molecule has 1 aliphatic rings. The van der Waals surface area contributed by atoms with Gasteiger partial charge in [-0.3, -0.25) is 0 Å². The van der Waals surface area contributed by atoms with Gasteiger partial charge in [0.05, 0.1) is 0 Å². The van der Waals surface area contributed by atoms with Crippen molar-refractivity contribution in [2.45, 2.75) is 18.0 Å². The van der Waals surface area contributed by atoms with Crippen molar-refractivity contribution >= 4 is 30.8 Å². The third-order valence-electron chi connectivity index (χ3n) is 2.58. The molecule has 0 aliphatic carbocycles. The molecule has 1 aromatic carbocycles. The van der Waals surface area contributed by atoms with E-state index in [0.717, 1.165) is 12.1 Å². The molecule has 0 unspecified atom stereocenters. The molecule has 0 N–H and O–H groups in total. The van der Waals surface area contributed by atoms with Gasteiger partial charge in [0.1, 0.15) is 0 Å². The van der Waals surface area contributed by atoms with Crippen LogP contribution in [0, 0.1) is 3.57 Å². The summed E-state index contributed by atoms with van der Waals surface area (Å²) in [6, 6.07) is 3.72. The second-order valence-corrected chi connectivity index (χ2v) is 9.67. The number of rotatable bonds is 2.